The van der Waals surface area contributed by atoms with Crippen LogP contribution in [0.3, 0.4) is 0 Å². The molecule has 0 amide bonds. The highest BCUT2D eigenvalue weighted by Gasteiger charge is 2.26. The van der Waals surface area contributed by atoms with Gasteiger partial charge in [-0.15, -0.1) is 0 Å². The summed E-state index contributed by atoms with van der Waals surface area (Å²) in [5, 5.41) is 7.53. The van der Waals surface area contributed by atoms with Crippen molar-refractivity contribution in [1.29, 1.82) is 5.41 Å². The summed E-state index contributed by atoms with van der Waals surface area (Å²) < 4.78 is 26.8. The van der Waals surface area contributed by atoms with Crippen molar-refractivity contribution in [2.75, 3.05) is 0 Å². The van der Waals surface area contributed by atoms with Crippen LogP contribution in [0.15, 0.2) is 60.3 Å². The molecule has 0 fully saturated rings. The van der Waals surface area contributed by atoms with E-state index in [-0.39, 0.29) is 11.3 Å². The summed E-state index contributed by atoms with van der Waals surface area (Å²) in [6.07, 6.45) is 6.42. The van der Waals surface area contributed by atoms with Gasteiger partial charge >= 0.3 is 0 Å². The zero-order chi connectivity index (χ0) is 14.3. The molecule has 3 heteroatoms. The molecule has 0 saturated carbocycles. The van der Waals surface area contributed by atoms with Gasteiger partial charge in [0.2, 0.25) is 0 Å². The van der Waals surface area contributed by atoms with Crippen LogP contribution in [-0.4, -0.2) is 11.6 Å². The fraction of sp³-hybridized carbons (Fsp3) is 0.267. The molecule has 0 spiro atoms. The van der Waals surface area contributed by atoms with Gasteiger partial charge < -0.3 is 5.41 Å². The largest absolute Gasteiger partial charge is 0.305 e. The number of hydrogen-bond acceptors (Lipinski definition) is 1. The monoisotopic (exact) mass is 251 g/mol. The van der Waals surface area contributed by atoms with Crippen molar-refractivity contribution >= 4 is 5.71 Å². The van der Waals surface area contributed by atoms with Gasteiger partial charge in [0.15, 0.2) is 0 Å². The minimum atomic E-state index is -3.06. The maximum absolute atomic E-state index is 13.4. The lowest BCUT2D eigenvalue weighted by Crippen LogP contribution is -2.13. The van der Waals surface area contributed by atoms with Crippen molar-refractivity contribution < 1.29 is 8.78 Å². The topological polar surface area (TPSA) is 23.9 Å². The summed E-state index contributed by atoms with van der Waals surface area (Å²) in [6, 6.07) is 0. The molecule has 0 heterocycles. The predicted octanol–water partition coefficient (Wildman–Crippen LogP) is 4.85. The first-order valence-electron chi connectivity index (χ1n) is 5.52. The molecular weight excluding hydrogens is 232 g/mol. The molecule has 0 aromatic carbocycles. The molecule has 0 aromatic rings. The Hall–Kier alpha value is -1.77. The molecule has 0 rings (SSSR count). The normalized spacial score (nSPS) is 13.3. The number of nitrogens with one attached hydrogen (secondary N) is 1. The van der Waals surface area contributed by atoms with Gasteiger partial charge in [-0.05, 0) is 32.4 Å². The Balaban J connectivity index is 5.08. The Kier molecular flexibility index (Phi) is 6.17. The highest BCUT2D eigenvalue weighted by molar-refractivity contribution is 5.98. The maximum Gasteiger partial charge on any atom is 0.291 e. The van der Waals surface area contributed by atoms with Gasteiger partial charge in [-0.2, -0.15) is 8.78 Å². The van der Waals surface area contributed by atoms with E-state index in [0.29, 0.717) is 5.57 Å². The molecule has 0 aliphatic carbocycles. The summed E-state index contributed by atoms with van der Waals surface area (Å²) in [7, 11) is 0. The van der Waals surface area contributed by atoms with Crippen molar-refractivity contribution in [1.82, 2.24) is 0 Å². The van der Waals surface area contributed by atoms with E-state index in [1.807, 2.05) is 0 Å². The van der Waals surface area contributed by atoms with Crippen molar-refractivity contribution in [3.05, 3.63) is 60.3 Å². The van der Waals surface area contributed by atoms with Gasteiger partial charge in [0.1, 0.15) is 0 Å². The van der Waals surface area contributed by atoms with Crippen molar-refractivity contribution in [3.8, 4) is 0 Å². The van der Waals surface area contributed by atoms with E-state index >= 15 is 0 Å². The summed E-state index contributed by atoms with van der Waals surface area (Å²) in [6.45, 7) is 11.9. The Morgan fingerprint density at radius 2 is 1.72 bits per heavy atom. The van der Waals surface area contributed by atoms with E-state index < -0.39 is 5.92 Å². The fourth-order valence-corrected chi connectivity index (χ4v) is 1.16. The van der Waals surface area contributed by atoms with Gasteiger partial charge in [0.05, 0.1) is 0 Å². The lowest BCUT2D eigenvalue weighted by atomic mass is 10.0. The second-order valence-corrected chi connectivity index (χ2v) is 4.05. The maximum atomic E-state index is 13.4. The summed E-state index contributed by atoms with van der Waals surface area (Å²) in [5.74, 6) is -3.06. The molecule has 1 nitrogen and oxygen atoms in total. The summed E-state index contributed by atoms with van der Waals surface area (Å²) in [4.78, 5) is 0. The minimum Gasteiger partial charge on any atom is -0.305 e. The minimum absolute atomic E-state index is 0.288. The molecular formula is C15H19F2N. The van der Waals surface area contributed by atoms with Gasteiger partial charge in [0.25, 0.3) is 5.92 Å². The molecule has 18 heavy (non-hydrogen) atoms. The standard InChI is InChI=1S/C15H19F2N/c1-6-9-15(16,17)12(4)7-8-14(13(5)18)10-11(2)3/h6-10,18H,2,4H2,1,3,5H3/b8-7-,9-6+,14-10+,18-13?. The summed E-state index contributed by atoms with van der Waals surface area (Å²) in [5.41, 5.74) is 1.28. The first-order valence-corrected chi connectivity index (χ1v) is 5.52. The van der Waals surface area contributed by atoms with E-state index in [1.165, 1.54) is 25.2 Å². The molecule has 0 aliphatic heterocycles. The highest BCUT2D eigenvalue weighted by Crippen LogP contribution is 2.25. The van der Waals surface area contributed by atoms with Crippen LogP contribution >= 0.6 is 0 Å². The predicted molar refractivity (Wildman–Crippen MR) is 74.3 cm³/mol. The van der Waals surface area contributed by atoms with E-state index in [2.05, 4.69) is 13.2 Å². The van der Waals surface area contributed by atoms with E-state index in [4.69, 9.17) is 5.41 Å². The Morgan fingerprint density at radius 1 is 1.17 bits per heavy atom. The first-order chi connectivity index (χ1) is 8.20. The highest BCUT2D eigenvalue weighted by atomic mass is 19.3. The van der Waals surface area contributed by atoms with Gasteiger partial charge in [0, 0.05) is 11.3 Å². The molecule has 0 saturated heterocycles. The average molecular weight is 251 g/mol. The van der Waals surface area contributed by atoms with Crippen LogP contribution in [0.25, 0.3) is 0 Å². The molecule has 0 atom stereocenters. The number of allylic oxidation sites excluding steroid dienone is 8. The van der Waals surface area contributed by atoms with Gasteiger partial charge in [-0.3, -0.25) is 0 Å². The van der Waals surface area contributed by atoms with Crippen LogP contribution in [-0.2, 0) is 0 Å². The number of halogens is 2. The van der Waals surface area contributed by atoms with Crippen LogP contribution in [0.1, 0.15) is 20.8 Å². The van der Waals surface area contributed by atoms with E-state index in [9.17, 15) is 8.78 Å². The smallest absolute Gasteiger partial charge is 0.291 e. The van der Waals surface area contributed by atoms with E-state index in [1.54, 1.807) is 19.9 Å². The van der Waals surface area contributed by atoms with Gasteiger partial charge in [-0.1, -0.05) is 43.0 Å². The van der Waals surface area contributed by atoms with Crippen molar-refractivity contribution in [3.63, 3.8) is 0 Å². The van der Waals surface area contributed by atoms with Crippen molar-refractivity contribution in [2.24, 2.45) is 0 Å². The van der Waals surface area contributed by atoms with Crippen LogP contribution in [0.5, 0.6) is 0 Å². The first kappa shape index (κ1) is 16.2. The molecule has 0 bridgehead atoms. The number of hydrogen-bond donors (Lipinski definition) is 1. The van der Waals surface area contributed by atoms with Crippen LogP contribution in [0, 0.1) is 5.41 Å². The Morgan fingerprint density at radius 3 is 2.11 bits per heavy atom. The third-order valence-electron chi connectivity index (χ3n) is 2.10. The third-order valence-corrected chi connectivity index (χ3v) is 2.10. The zero-order valence-corrected chi connectivity index (χ0v) is 11.1. The zero-order valence-electron chi connectivity index (χ0n) is 11.1. The Bertz CT molecular complexity index is 437. The SMILES string of the molecule is C=C(C)/C=C(\C=C/C(=C)C(F)(F)/C=C/C)C(C)=N. The lowest BCUT2D eigenvalue weighted by molar-refractivity contribution is 0.102. The molecule has 98 valence electrons. The average Bonchev–Trinajstić information content (AvgIpc) is 2.22. The van der Waals surface area contributed by atoms with Crippen LogP contribution < -0.4 is 0 Å². The van der Waals surface area contributed by atoms with Gasteiger partial charge in [-0.25, -0.2) is 0 Å². The molecule has 0 aromatic heterocycles. The molecule has 0 aliphatic rings. The quantitative estimate of drug-likeness (QED) is 0.396. The second kappa shape index (κ2) is 6.84. The second-order valence-electron chi connectivity index (χ2n) is 4.05. The summed E-state index contributed by atoms with van der Waals surface area (Å²) >= 11 is 0. The molecule has 0 unspecified atom stereocenters. The lowest BCUT2D eigenvalue weighted by Gasteiger charge is -2.11. The third kappa shape index (κ3) is 5.53. The fourth-order valence-electron chi connectivity index (χ4n) is 1.16. The molecule has 1 N–H and O–H groups in total. The van der Waals surface area contributed by atoms with Crippen LogP contribution in [0.4, 0.5) is 8.78 Å². The number of alkyl halides is 2. The number of rotatable bonds is 6. The Labute approximate surface area is 107 Å². The van der Waals surface area contributed by atoms with Crippen molar-refractivity contribution in [2.45, 2.75) is 26.7 Å². The molecule has 0 radical (unpaired) electrons. The van der Waals surface area contributed by atoms with E-state index in [0.717, 1.165) is 11.6 Å². The van der Waals surface area contributed by atoms with Crippen LogP contribution in [0.2, 0.25) is 0 Å².